The van der Waals surface area contributed by atoms with Gasteiger partial charge in [-0.3, -0.25) is 10.1 Å². The van der Waals surface area contributed by atoms with E-state index in [2.05, 4.69) is 13.8 Å². The summed E-state index contributed by atoms with van der Waals surface area (Å²) in [5.41, 5.74) is 0.317. The highest BCUT2D eigenvalue weighted by Crippen LogP contribution is 2.15. The molecular weight excluding hydrogens is 258 g/mol. The van der Waals surface area contributed by atoms with Crippen molar-refractivity contribution in [1.82, 2.24) is 0 Å². The molecule has 20 heavy (non-hydrogen) atoms. The maximum atomic E-state index is 11.8. The molecular formula is C15H21NO4. The van der Waals surface area contributed by atoms with Crippen molar-refractivity contribution >= 4 is 11.7 Å². The minimum Gasteiger partial charge on any atom is -0.462 e. The van der Waals surface area contributed by atoms with Crippen molar-refractivity contribution < 1.29 is 14.5 Å². The van der Waals surface area contributed by atoms with Gasteiger partial charge in [0.2, 0.25) is 0 Å². The zero-order valence-electron chi connectivity index (χ0n) is 12.0. The van der Waals surface area contributed by atoms with E-state index < -0.39 is 10.9 Å². The smallest absolute Gasteiger partial charge is 0.338 e. The van der Waals surface area contributed by atoms with E-state index in [0.29, 0.717) is 18.1 Å². The summed E-state index contributed by atoms with van der Waals surface area (Å²) in [5.74, 6) is -0.0354. The van der Waals surface area contributed by atoms with Crippen LogP contribution in [0.5, 0.6) is 0 Å². The van der Waals surface area contributed by atoms with Crippen LogP contribution >= 0.6 is 0 Å². The number of hydrogen-bond donors (Lipinski definition) is 0. The van der Waals surface area contributed by atoms with E-state index in [-0.39, 0.29) is 5.69 Å². The Hall–Kier alpha value is -1.91. The Morgan fingerprint density at radius 2 is 1.95 bits per heavy atom. The molecule has 0 fully saturated rings. The van der Waals surface area contributed by atoms with Crippen molar-refractivity contribution in [1.29, 1.82) is 0 Å². The van der Waals surface area contributed by atoms with E-state index in [4.69, 9.17) is 4.74 Å². The van der Waals surface area contributed by atoms with Crippen LogP contribution in [-0.4, -0.2) is 17.5 Å². The predicted molar refractivity (Wildman–Crippen MR) is 76.7 cm³/mol. The van der Waals surface area contributed by atoms with E-state index in [1.165, 1.54) is 24.3 Å². The number of carbonyl (C=O) groups excluding carboxylic acids is 1. The van der Waals surface area contributed by atoms with Crippen LogP contribution in [0.3, 0.4) is 0 Å². The number of unbranched alkanes of at least 4 members (excludes halogenated alkanes) is 1. The number of nitro groups is 1. The Bertz CT molecular complexity index is 442. The van der Waals surface area contributed by atoms with Crippen LogP contribution in [0.25, 0.3) is 0 Å². The summed E-state index contributed by atoms with van der Waals surface area (Å²) in [6, 6.07) is 5.47. The fourth-order valence-corrected chi connectivity index (χ4v) is 1.89. The molecule has 0 aliphatic heterocycles. The van der Waals surface area contributed by atoms with Gasteiger partial charge in [-0.1, -0.05) is 33.1 Å². The van der Waals surface area contributed by atoms with E-state index >= 15 is 0 Å². The standard InChI is InChI=1S/C15H21NO4/c1-3-5-6-12(4-2)11-20-15(17)13-7-9-14(10-8-13)16(18)19/h7-10,12H,3-6,11H2,1-2H3/t12-/m1/s1. The molecule has 0 aromatic heterocycles. The number of non-ortho nitro benzene ring substituents is 1. The van der Waals surface area contributed by atoms with Gasteiger partial charge in [0, 0.05) is 12.1 Å². The molecule has 0 saturated heterocycles. The Labute approximate surface area is 119 Å². The number of rotatable bonds is 8. The van der Waals surface area contributed by atoms with E-state index in [1.54, 1.807) is 0 Å². The third-order valence-corrected chi connectivity index (χ3v) is 3.31. The van der Waals surface area contributed by atoms with Gasteiger partial charge in [-0.2, -0.15) is 0 Å². The van der Waals surface area contributed by atoms with Gasteiger partial charge in [-0.05, 0) is 24.5 Å². The summed E-state index contributed by atoms with van der Waals surface area (Å²) in [6.07, 6.45) is 4.30. The quantitative estimate of drug-likeness (QED) is 0.410. The summed E-state index contributed by atoms with van der Waals surface area (Å²) in [4.78, 5) is 21.9. The maximum absolute atomic E-state index is 11.8. The first-order valence-corrected chi connectivity index (χ1v) is 7.00. The molecule has 1 rings (SSSR count). The van der Waals surface area contributed by atoms with E-state index in [1.807, 2.05) is 0 Å². The maximum Gasteiger partial charge on any atom is 0.338 e. The second kappa shape index (κ2) is 8.30. The van der Waals surface area contributed by atoms with E-state index in [0.717, 1.165) is 25.7 Å². The number of nitrogens with zero attached hydrogens (tertiary/aromatic N) is 1. The summed E-state index contributed by atoms with van der Waals surface area (Å²) in [5, 5.41) is 10.5. The Morgan fingerprint density at radius 1 is 1.30 bits per heavy atom. The van der Waals surface area contributed by atoms with Gasteiger partial charge in [0.1, 0.15) is 0 Å². The van der Waals surface area contributed by atoms with Crippen LogP contribution in [0.4, 0.5) is 5.69 Å². The molecule has 0 N–H and O–H groups in total. The number of hydrogen-bond acceptors (Lipinski definition) is 4. The first-order chi connectivity index (χ1) is 9.58. The van der Waals surface area contributed by atoms with Gasteiger partial charge < -0.3 is 4.74 Å². The van der Waals surface area contributed by atoms with Gasteiger partial charge in [0.25, 0.3) is 5.69 Å². The molecule has 0 radical (unpaired) electrons. The molecule has 0 aliphatic rings. The van der Waals surface area contributed by atoms with Crippen molar-refractivity contribution in [3.8, 4) is 0 Å². The molecule has 5 nitrogen and oxygen atoms in total. The van der Waals surface area contributed by atoms with Gasteiger partial charge in [-0.15, -0.1) is 0 Å². The third kappa shape index (κ3) is 4.99. The Balaban J connectivity index is 2.51. The largest absolute Gasteiger partial charge is 0.462 e. The molecule has 0 unspecified atom stereocenters. The third-order valence-electron chi connectivity index (χ3n) is 3.31. The van der Waals surface area contributed by atoms with Crippen LogP contribution in [0.15, 0.2) is 24.3 Å². The van der Waals surface area contributed by atoms with Gasteiger partial charge in [-0.25, -0.2) is 4.79 Å². The van der Waals surface area contributed by atoms with Gasteiger partial charge in [0.05, 0.1) is 17.1 Å². The van der Waals surface area contributed by atoms with Crippen molar-refractivity contribution in [2.75, 3.05) is 6.61 Å². The molecule has 0 aliphatic carbocycles. The second-order valence-electron chi connectivity index (χ2n) is 4.82. The average molecular weight is 279 g/mol. The van der Waals surface area contributed by atoms with Crippen LogP contribution in [0, 0.1) is 16.0 Å². The molecule has 1 aromatic rings. The first-order valence-electron chi connectivity index (χ1n) is 7.00. The highest BCUT2D eigenvalue weighted by atomic mass is 16.6. The lowest BCUT2D eigenvalue weighted by molar-refractivity contribution is -0.384. The highest BCUT2D eigenvalue weighted by molar-refractivity contribution is 5.89. The second-order valence-corrected chi connectivity index (χ2v) is 4.82. The monoisotopic (exact) mass is 279 g/mol. The lowest BCUT2D eigenvalue weighted by Gasteiger charge is -2.14. The highest BCUT2D eigenvalue weighted by Gasteiger charge is 2.13. The molecule has 0 amide bonds. The first kappa shape index (κ1) is 16.1. The summed E-state index contributed by atoms with van der Waals surface area (Å²) >= 11 is 0. The average Bonchev–Trinajstić information content (AvgIpc) is 2.47. The Kier molecular flexibility index (Phi) is 6.70. The zero-order chi connectivity index (χ0) is 15.0. The van der Waals surface area contributed by atoms with Crippen LogP contribution in [-0.2, 0) is 4.74 Å². The lowest BCUT2D eigenvalue weighted by atomic mass is 10.0. The van der Waals surface area contributed by atoms with Crippen molar-refractivity contribution in [3.05, 3.63) is 39.9 Å². The number of ether oxygens (including phenoxy) is 1. The number of nitro benzene ring substituents is 1. The molecule has 0 saturated carbocycles. The van der Waals surface area contributed by atoms with Gasteiger partial charge in [0.15, 0.2) is 0 Å². The molecule has 0 heterocycles. The van der Waals surface area contributed by atoms with Crippen molar-refractivity contribution in [3.63, 3.8) is 0 Å². The minimum atomic E-state index is -0.493. The summed E-state index contributed by atoms with van der Waals surface area (Å²) in [6.45, 7) is 4.63. The Morgan fingerprint density at radius 3 is 2.45 bits per heavy atom. The molecule has 0 spiro atoms. The molecule has 110 valence electrons. The van der Waals surface area contributed by atoms with Crippen LogP contribution in [0.2, 0.25) is 0 Å². The normalized spacial score (nSPS) is 11.9. The summed E-state index contributed by atoms with van der Waals surface area (Å²) < 4.78 is 5.27. The minimum absolute atomic E-state index is 0.0315. The molecule has 5 heteroatoms. The zero-order valence-corrected chi connectivity index (χ0v) is 12.0. The molecule has 1 atom stereocenters. The number of carbonyl (C=O) groups is 1. The predicted octanol–water partition coefficient (Wildman–Crippen LogP) is 3.97. The van der Waals surface area contributed by atoms with Crippen LogP contribution < -0.4 is 0 Å². The van der Waals surface area contributed by atoms with E-state index in [9.17, 15) is 14.9 Å². The molecule has 1 aromatic carbocycles. The topological polar surface area (TPSA) is 69.4 Å². The number of esters is 1. The van der Waals surface area contributed by atoms with Gasteiger partial charge >= 0.3 is 5.97 Å². The van der Waals surface area contributed by atoms with Crippen LogP contribution in [0.1, 0.15) is 49.9 Å². The number of benzene rings is 1. The fourth-order valence-electron chi connectivity index (χ4n) is 1.89. The fraction of sp³-hybridized carbons (Fsp3) is 0.533. The molecule has 0 bridgehead atoms. The van der Waals surface area contributed by atoms with Crippen molar-refractivity contribution in [2.24, 2.45) is 5.92 Å². The lowest BCUT2D eigenvalue weighted by Crippen LogP contribution is -2.14. The summed E-state index contributed by atoms with van der Waals surface area (Å²) in [7, 11) is 0. The SMILES string of the molecule is CCCC[C@@H](CC)COC(=O)c1ccc([N+](=O)[O-])cc1. The van der Waals surface area contributed by atoms with Crippen molar-refractivity contribution in [2.45, 2.75) is 39.5 Å².